The lowest BCUT2D eigenvalue weighted by Crippen LogP contribution is -2.16. The van der Waals surface area contributed by atoms with Crippen LogP contribution in [0.5, 0.6) is 0 Å². The fourth-order valence-electron chi connectivity index (χ4n) is 2.84. The van der Waals surface area contributed by atoms with Crippen LogP contribution in [0.3, 0.4) is 0 Å². The molecule has 0 N–H and O–H groups in total. The Kier molecular flexibility index (Phi) is 6.33. The molecule has 2 aliphatic rings. The van der Waals surface area contributed by atoms with E-state index < -0.39 is 0 Å². The van der Waals surface area contributed by atoms with Crippen molar-refractivity contribution in [3.63, 3.8) is 0 Å². The molecule has 2 nitrogen and oxygen atoms in total. The van der Waals surface area contributed by atoms with Crippen LogP contribution in [0.25, 0.3) is 0 Å². The third-order valence-corrected chi connectivity index (χ3v) is 5.45. The lowest BCUT2D eigenvalue weighted by molar-refractivity contribution is -0.113. The zero-order valence-electron chi connectivity index (χ0n) is 14.7. The van der Waals surface area contributed by atoms with Crippen LogP contribution in [0.1, 0.15) is 40.5 Å². The molecule has 0 amide bonds. The van der Waals surface area contributed by atoms with Crippen molar-refractivity contribution in [2.75, 3.05) is 0 Å². The monoisotopic (exact) mass is 434 g/mol. The fraction of sp³-hybridized carbons (Fsp3) is 0.333. The minimum atomic E-state index is 0.105. The van der Waals surface area contributed by atoms with Crippen LogP contribution in [0, 0.1) is 0 Å². The second-order valence-electron chi connectivity index (χ2n) is 6.33. The zero-order valence-corrected chi connectivity index (χ0v) is 16.8. The van der Waals surface area contributed by atoms with Crippen molar-refractivity contribution in [3.05, 3.63) is 69.9 Å². The SMILES string of the molecule is CCCC(I)C1=C/C(=C/C=C2C=C(C)C(=O)C(C)=C2)C=C(C)C1=O. The summed E-state index contributed by atoms with van der Waals surface area (Å²) in [7, 11) is 0. The average Bonchev–Trinajstić information content (AvgIpc) is 2.53. The highest BCUT2D eigenvalue weighted by molar-refractivity contribution is 14.1. The van der Waals surface area contributed by atoms with Crippen LogP contribution in [-0.4, -0.2) is 15.5 Å². The molecule has 0 bridgehead atoms. The first-order chi connectivity index (χ1) is 11.3. The van der Waals surface area contributed by atoms with Gasteiger partial charge in [0.05, 0.1) is 0 Å². The van der Waals surface area contributed by atoms with Gasteiger partial charge in [-0.05, 0) is 79.4 Å². The molecule has 0 aromatic rings. The van der Waals surface area contributed by atoms with Crippen molar-refractivity contribution in [2.24, 2.45) is 0 Å². The Balaban J connectivity index is 2.34. The highest BCUT2D eigenvalue weighted by Gasteiger charge is 2.22. The molecule has 1 unspecified atom stereocenters. The van der Waals surface area contributed by atoms with Crippen LogP contribution < -0.4 is 0 Å². The van der Waals surface area contributed by atoms with E-state index in [1.807, 2.05) is 57.2 Å². The first-order valence-corrected chi connectivity index (χ1v) is 9.50. The number of alkyl halides is 1. The van der Waals surface area contributed by atoms with Gasteiger partial charge in [-0.15, -0.1) is 0 Å². The second-order valence-corrected chi connectivity index (χ2v) is 7.83. The molecule has 0 saturated heterocycles. The van der Waals surface area contributed by atoms with Crippen LogP contribution >= 0.6 is 22.6 Å². The maximum absolute atomic E-state index is 12.4. The fourth-order valence-corrected chi connectivity index (χ4v) is 3.93. The van der Waals surface area contributed by atoms with Gasteiger partial charge in [0.15, 0.2) is 11.6 Å². The summed E-state index contributed by atoms with van der Waals surface area (Å²) < 4.78 is 0.247. The number of hydrogen-bond donors (Lipinski definition) is 0. The average molecular weight is 434 g/mol. The molecule has 0 spiro atoms. The first kappa shape index (κ1) is 18.8. The third-order valence-electron chi connectivity index (χ3n) is 4.16. The summed E-state index contributed by atoms with van der Waals surface area (Å²) in [4.78, 5) is 24.2. The van der Waals surface area contributed by atoms with Gasteiger partial charge in [-0.3, -0.25) is 9.59 Å². The Morgan fingerprint density at radius 1 is 0.875 bits per heavy atom. The number of hydrogen-bond acceptors (Lipinski definition) is 2. The molecule has 0 aromatic carbocycles. The van der Waals surface area contributed by atoms with Gasteiger partial charge >= 0.3 is 0 Å². The Hall–Kier alpha value is -1.49. The van der Waals surface area contributed by atoms with E-state index >= 15 is 0 Å². The summed E-state index contributed by atoms with van der Waals surface area (Å²) in [6.45, 7) is 7.69. The summed E-state index contributed by atoms with van der Waals surface area (Å²) in [5.41, 5.74) is 5.23. The molecule has 0 fully saturated rings. The first-order valence-electron chi connectivity index (χ1n) is 8.25. The van der Waals surface area contributed by atoms with Crippen molar-refractivity contribution >= 4 is 34.2 Å². The Morgan fingerprint density at radius 2 is 1.33 bits per heavy atom. The number of halogens is 1. The minimum Gasteiger partial charge on any atom is -0.289 e. The molecule has 126 valence electrons. The van der Waals surface area contributed by atoms with Crippen LogP contribution in [0.2, 0.25) is 0 Å². The predicted molar refractivity (Wildman–Crippen MR) is 108 cm³/mol. The molecular weight excluding hydrogens is 411 g/mol. The number of Topliss-reactive ketones (excluding diaryl/α,β-unsaturated/α-hetero) is 2. The summed E-state index contributed by atoms with van der Waals surface area (Å²) in [6, 6.07) is 0. The van der Waals surface area contributed by atoms with Gasteiger partial charge in [0.1, 0.15) is 0 Å². The lowest BCUT2D eigenvalue weighted by Gasteiger charge is -2.17. The standard InChI is InChI=1S/C21H23IO2/c1-5-6-19(22)18-12-17(11-15(4)21(18)24)8-7-16-9-13(2)20(23)14(3)10-16/h7-12,19H,5-6H2,1-4H3/b17-8+. The van der Waals surface area contributed by atoms with Gasteiger partial charge in [-0.1, -0.05) is 48.1 Å². The van der Waals surface area contributed by atoms with Crippen LogP contribution in [-0.2, 0) is 9.59 Å². The van der Waals surface area contributed by atoms with Crippen LogP contribution in [0.15, 0.2) is 69.9 Å². The molecule has 2 rings (SSSR count). The van der Waals surface area contributed by atoms with E-state index in [2.05, 4.69) is 29.5 Å². The van der Waals surface area contributed by atoms with Gasteiger partial charge in [0.2, 0.25) is 0 Å². The quantitative estimate of drug-likeness (QED) is 0.440. The number of carbonyl (C=O) groups is 2. The van der Waals surface area contributed by atoms with Gasteiger partial charge in [0, 0.05) is 9.50 Å². The molecule has 1 atom stereocenters. The molecule has 0 aliphatic heterocycles. The molecular formula is C21H23IO2. The Labute approximate surface area is 157 Å². The van der Waals surface area contributed by atoms with Gasteiger partial charge in [-0.2, -0.15) is 0 Å². The Morgan fingerprint density at radius 3 is 1.83 bits per heavy atom. The molecule has 3 heteroatoms. The van der Waals surface area contributed by atoms with Crippen LogP contribution in [0.4, 0.5) is 0 Å². The molecule has 0 aromatic heterocycles. The lowest BCUT2D eigenvalue weighted by atomic mass is 9.90. The van der Waals surface area contributed by atoms with E-state index in [1.165, 1.54) is 0 Å². The van der Waals surface area contributed by atoms with Crippen molar-refractivity contribution in [2.45, 2.75) is 44.5 Å². The Bertz CT molecular complexity index is 731. The van der Waals surface area contributed by atoms with Crippen molar-refractivity contribution in [1.82, 2.24) is 0 Å². The van der Waals surface area contributed by atoms with E-state index in [0.29, 0.717) is 0 Å². The van der Waals surface area contributed by atoms with E-state index in [1.54, 1.807) is 0 Å². The minimum absolute atomic E-state index is 0.105. The third kappa shape index (κ3) is 4.32. The van der Waals surface area contributed by atoms with E-state index in [4.69, 9.17) is 0 Å². The molecule has 24 heavy (non-hydrogen) atoms. The van der Waals surface area contributed by atoms with E-state index in [-0.39, 0.29) is 15.5 Å². The van der Waals surface area contributed by atoms with E-state index in [0.717, 1.165) is 46.3 Å². The second kappa shape index (κ2) is 8.06. The number of carbonyl (C=O) groups excluding carboxylic acids is 2. The summed E-state index contributed by atoms with van der Waals surface area (Å²) in [6.07, 6.45) is 13.8. The van der Waals surface area contributed by atoms with Crippen molar-refractivity contribution < 1.29 is 9.59 Å². The molecule has 2 aliphatic carbocycles. The summed E-state index contributed by atoms with van der Waals surface area (Å²) in [5.74, 6) is 0.260. The maximum Gasteiger partial charge on any atom is 0.185 e. The largest absolute Gasteiger partial charge is 0.289 e. The van der Waals surface area contributed by atoms with Gasteiger partial charge in [-0.25, -0.2) is 0 Å². The van der Waals surface area contributed by atoms with Gasteiger partial charge < -0.3 is 0 Å². The molecule has 0 saturated carbocycles. The molecule has 0 radical (unpaired) electrons. The maximum atomic E-state index is 12.4. The highest BCUT2D eigenvalue weighted by Crippen LogP contribution is 2.28. The molecule has 0 heterocycles. The highest BCUT2D eigenvalue weighted by atomic mass is 127. The number of allylic oxidation sites excluding steroid dienone is 12. The van der Waals surface area contributed by atoms with Crippen molar-refractivity contribution in [3.8, 4) is 0 Å². The normalized spacial score (nSPS) is 21.2. The number of ketones is 2. The summed E-state index contributed by atoms with van der Waals surface area (Å²) in [5, 5.41) is 0. The topological polar surface area (TPSA) is 34.1 Å². The predicted octanol–water partition coefficient (Wildman–Crippen LogP) is 5.37. The van der Waals surface area contributed by atoms with E-state index in [9.17, 15) is 9.59 Å². The zero-order chi connectivity index (χ0) is 17.9. The smallest absolute Gasteiger partial charge is 0.185 e. The number of rotatable bonds is 4. The van der Waals surface area contributed by atoms with Gasteiger partial charge in [0.25, 0.3) is 0 Å². The van der Waals surface area contributed by atoms with Crippen molar-refractivity contribution in [1.29, 1.82) is 0 Å². The summed E-state index contributed by atoms with van der Waals surface area (Å²) >= 11 is 2.36.